The van der Waals surface area contributed by atoms with Crippen molar-refractivity contribution in [1.29, 1.82) is 0 Å². The van der Waals surface area contributed by atoms with Crippen LogP contribution < -0.4 is 25.2 Å². The zero-order valence-corrected chi connectivity index (χ0v) is 59.9. The molecule has 22 heteroatoms. The van der Waals surface area contributed by atoms with Crippen LogP contribution in [0.4, 0.5) is 15.3 Å². The standard InChI is InChI=1S/C73H91FN8O9S3Si/c1-47-53(54-31-32-61(78-62(54)68(87)91-71(3,4)5)80-36-33-50-21-19-23-55(56(50)44-80)66(85)82(46-89-38-40-95(8,9)10)70-77-57-24-15-16-26-60(57)94-70)22-20-25-59(47)90-37-17-13-11-12-14-18-39-93-72(6,7)64(79-69(88)73(74)34-35-73)67(86)81-43-52(83)41-58(81)65(84)75-42-49-27-29-51(30-28-49)63-48(2)76-45-92-63/h15-16,19-32,45,52,58,64,83H,11-14,17-18,33-44,46H2,1-10H3,(H,75,84)(H,79,88)/t52-,58+,64-/m1/s1. The summed E-state index contributed by atoms with van der Waals surface area (Å²) in [6.07, 6.45) is 5.48. The van der Waals surface area contributed by atoms with E-state index in [0.29, 0.717) is 66.3 Å². The monoisotopic (exact) mass is 1370 g/mol. The van der Waals surface area contributed by atoms with Crippen molar-refractivity contribution in [1.82, 2.24) is 30.5 Å². The first kappa shape index (κ1) is 70.7. The largest absolute Gasteiger partial charge is 0.493 e. The second-order valence-electron chi connectivity index (χ2n) is 28.0. The van der Waals surface area contributed by atoms with Crippen molar-refractivity contribution in [3.05, 3.63) is 142 Å². The Morgan fingerprint density at radius 2 is 1.60 bits per heavy atom. The molecule has 506 valence electrons. The number of pyridine rings is 1. The number of para-hydroxylation sites is 1. The number of aromatic nitrogens is 3. The number of hydrogen-bond acceptors (Lipinski definition) is 16. The summed E-state index contributed by atoms with van der Waals surface area (Å²) in [6, 6.07) is 30.2. The number of aliphatic hydroxyl groups is 1. The van der Waals surface area contributed by atoms with Gasteiger partial charge >= 0.3 is 5.97 Å². The van der Waals surface area contributed by atoms with E-state index in [1.165, 1.54) is 28.0 Å². The Hall–Kier alpha value is -7.08. The van der Waals surface area contributed by atoms with Crippen LogP contribution in [0, 0.1) is 13.8 Å². The van der Waals surface area contributed by atoms with Crippen LogP contribution in [-0.4, -0.2) is 136 Å². The van der Waals surface area contributed by atoms with E-state index < -0.39 is 66.0 Å². The molecule has 4 amide bonds. The number of aliphatic hydroxyl groups excluding tert-OH is 1. The molecule has 17 nitrogen and oxygen atoms in total. The fraction of sp³-hybridized carbons (Fsp3) is 0.479. The summed E-state index contributed by atoms with van der Waals surface area (Å²) in [5, 5.41) is 17.1. The van der Waals surface area contributed by atoms with Crippen molar-refractivity contribution in [2.24, 2.45) is 0 Å². The maximum Gasteiger partial charge on any atom is 0.358 e. The number of nitrogens with zero attached hydrogens (tertiary/aromatic N) is 6. The molecule has 0 spiro atoms. The number of alkyl halides is 1. The van der Waals surface area contributed by atoms with Gasteiger partial charge in [0.2, 0.25) is 11.8 Å². The molecular formula is C73H91FN8O9S3Si. The molecule has 10 rings (SSSR count). The van der Waals surface area contributed by atoms with E-state index in [0.717, 1.165) is 98.7 Å². The Morgan fingerprint density at radius 3 is 2.32 bits per heavy atom. The molecule has 4 aromatic carbocycles. The highest BCUT2D eigenvalue weighted by molar-refractivity contribution is 8.00. The number of likely N-dealkylation sites (tertiary alicyclic amines) is 1. The van der Waals surface area contributed by atoms with E-state index in [-0.39, 0.29) is 50.7 Å². The van der Waals surface area contributed by atoms with Gasteiger partial charge in [-0.05, 0) is 162 Å². The van der Waals surface area contributed by atoms with Crippen LogP contribution in [0.25, 0.3) is 31.8 Å². The number of benzene rings is 4. The summed E-state index contributed by atoms with van der Waals surface area (Å²) in [6.45, 7) is 22.4. The summed E-state index contributed by atoms with van der Waals surface area (Å²) in [5.74, 6) is -0.501. The van der Waals surface area contributed by atoms with Crippen molar-refractivity contribution < 1.29 is 47.7 Å². The molecule has 1 saturated heterocycles. The van der Waals surface area contributed by atoms with Crippen LogP contribution in [-0.2, 0) is 43.4 Å². The SMILES string of the molecule is Cc1ncsc1-c1ccc(CNC(=O)[C@@H]2C[C@@H](O)CN2C(=O)[C@@H](NC(=O)C2(F)CC2)C(C)(C)SCCCCCCCCOc2cccc(-c3ccc(N4CCc5cccc(C(=O)N(COCC[Si](C)(C)C)c6nc7ccccc7s6)c5C4)nc3C(=O)OC(C)(C)C)c2C)cc1. The number of carbonyl (C=O) groups is 5. The molecule has 0 radical (unpaired) electrons. The first-order valence-electron chi connectivity index (χ1n) is 33.2. The Kier molecular flexibility index (Phi) is 22.7. The van der Waals surface area contributed by atoms with Gasteiger partial charge in [-0.25, -0.2) is 24.1 Å². The van der Waals surface area contributed by atoms with Crippen LogP contribution >= 0.6 is 34.4 Å². The lowest BCUT2D eigenvalue weighted by Gasteiger charge is -2.37. The van der Waals surface area contributed by atoms with Crippen LogP contribution in [0.5, 0.6) is 5.75 Å². The quantitative estimate of drug-likeness (QED) is 0.0173. The van der Waals surface area contributed by atoms with Gasteiger partial charge in [-0.3, -0.25) is 24.1 Å². The lowest BCUT2D eigenvalue weighted by Crippen LogP contribution is -2.61. The molecule has 3 atom stereocenters. The Morgan fingerprint density at radius 1 is 0.863 bits per heavy atom. The smallest absolute Gasteiger partial charge is 0.358 e. The average molecular weight is 1370 g/mol. The van der Waals surface area contributed by atoms with Gasteiger partial charge in [0.05, 0.1) is 39.0 Å². The minimum absolute atomic E-state index is 0.0443. The number of β-amino-alcohol motifs (C(OH)–C–C–N with tert-alkyl or cyclic N) is 1. The number of thiazole rings is 2. The number of halogens is 1. The molecule has 3 N–H and O–H groups in total. The van der Waals surface area contributed by atoms with Gasteiger partial charge in [-0.1, -0.05) is 117 Å². The van der Waals surface area contributed by atoms with Gasteiger partial charge < -0.3 is 39.8 Å². The van der Waals surface area contributed by atoms with E-state index in [4.69, 9.17) is 24.2 Å². The first-order chi connectivity index (χ1) is 45.3. The van der Waals surface area contributed by atoms with Crippen molar-refractivity contribution >= 4 is 93.3 Å². The van der Waals surface area contributed by atoms with Crippen molar-refractivity contribution in [3.8, 4) is 27.3 Å². The predicted octanol–water partition coefficient (Wildman–Crippen LogP) is 14.1. The molecule has 3 aromatic heterocycles. The Labute approximate surface area is 571 Å². The number of fused-ring (bicyclic) bond motifs is 2. The summed E-state index contributed by atoms with van der Waals surface area (Å²) >= 11 is 4.56. The molecule has 3 aliphatic rings. The zero-order chi connectivity index (χ0) is 67.8. The number of aryl methyl sites for hydroxylation is 1. The molecule has 7 aromatic rings. The molecule has 2 aliphatic heterocycles. The topological polar surface area (TPSA) is 206 Å². The van der Waals surface area contributed by atoms with Gasteiger partial charge in [0.15, 0.2) is 16.5 Å². The number of esters is 1. The molecular weight excluding hydrogens is 1280 g/mol. The third-order valence-electron chi connectivity index (χ3n) is 17.7. The molecule has 0 unspecified atom stereocenters. The second kappa shape index (κ2) is 30.6. The first-order valence-corrected chi connectivity index (χ1v) is 39.6. The van der Waals surface area contributed by atoms with E-state index in [2.05, 4.69) is 46.2 Å². The maximum absolute atomic E-state index is 15.2. The highest BCUT2D eigenvalue weighted by Crippen LogP contribution is 2.42. The van der Waals surface area contributed by atoms with Gasteiger partial charge in [0, 0.05) is 63.2 Å². The highest BCUT2D eigenvalue weighted by Gasteiger charge is 2.54. The van der Waals surface area contributed by atoms with Gasteiger partial charge in [-0.2, -0.15) is 11.8 Å². The van der Waals surface area contributed by atoms with E-state index >= 15 is 4.39 Å². The normalized spacial score (nSPS) is 16.5. The van der Waals surface area contributed by atoms with Crippen molar-refractivity contribution in [2.75, 3.05) is 48.6 Å². The number of ether oxygens (including phenoxy) is 3. The second-order valence-corrected chi connectivity index (χ2v) is 37.3. The van der Waals surface area contributed by atoms with E-state index in [1.54, 1.807) is 16.2 Å². The summed E-state index contributed by atoms with van der Waals surface area (Å²) in [4.78, 5) is 91.3. The highest BCUT2D eigenvalue weighted by atomic mass is 32.2. The van der Waals surface area contributed by atoms with Crippen LogP contribution in [0.2, 0.25) is 25.7 Å². The molecule has 5 heterocycles. The lowest BCUT2D eigenvalue weighted by molar-refractivity contribution is -0.143. The van der Waals surface area contributed by atoms with Crippen molar-refractivity contribution in [2.45, 2.75) is 186 Å². The summed E-state index contributed by atoms with van der Waals surface area (Å²) in [7, 11) is -1.39. The maximum atomic E-state index is 15.2. The average Bonchev–Trinajstić information content (AvgIpc) is 1.10. The number of carbonyl (C=O) groups excluding carboxylic acids is 5. The molecule has 95 heavy (non-hydrogen) atoms. The van der Waals surface area contributed by atoms with Crippen LogP contribution in [0.15, 0.2) is 103 Å². The molecule has 2 fully saturated rings. The molecule has 1 saturated carbocycles. The van der Waals surface area contributed by atoms with Crippen LogP contribution in [0.1, 0.15) is 141 Å². The van der Waals surface area contributed by atoms with E-state index in [9.17, 15) is 29.1 Å². The predicted molar refractivity (Wildman–Crippen MR) is 381 cm³/mol. The Bertz CT molecular complexity index is 3850. The summed E-state index contributed by atoms with van der Waals surface area (Å²) in [5.41, 5.74) is 7.69. The Balaban J connectivity index is 0.727. The number of nitrogens with one attached hydrogen (secondary N) is 2. The third kappa shape index (κ3) is 17.9. The molecule has 0 bridgehead atoms. The van der Waals surface area contributed by atoms with Crippen molar-refractivity contribution in [3.63, 3.8) is 0 Å². The number of anilines is 2. The number of thioether (sulfide) groups is 1. The number of hydrogen-bond donors (Lipinski definition) is 3. The molecule has 1 aliphatic carbocycles. The fourth-order valence-electron chi connectivity index (χ4n) is 12.0. The fourth-order valence-corrected chi connectivity index (χ4v) is 15.7. The number of rotatable bonds is 29. The van der Waals surface area contributed by atoms with Gasteiger partial charge in [-0.15, -0.1) is 11.3 Å². The minimum Gasteiger partial charge on any atom is -0.493 e. The van der Waals surface area contributed by atoms with Gasteiger partial charge in [0.25, 0.3) is 11.8 Å². The lowest BCUT2D eigenvalue weighted by atomic mass is 9.94. The van der Waals surface area contributed by atoms with E-state index in [1.807, 2.05) is 145 Å². The third-order valence-corrected chi connectivity index (χ3v) is 22.9. The number of unbranched alkanes of at least 4 members (excludes halogenated alkanes) is 5. The zero-order valence-electron chi connectivity index (χ0n) is 56.5. The number of amides is 4. The van der Waals surface area contributed by atoms with Crippen LogP contribution in [0.3, 0.4) is 0 Å². The van der Waals surface area contributed by atoms with Gasteiger partial charge in [0.1, 0.15) is 36.0 Å². The summed E-state index contributed by atoms with van der Waals surface area (Å²) < 4.78 is 34.1. The minimum atomic E-state index is -2.02.